The number of aromatic nitrogens is 2. The molecule has 0 bridgehead atoms. The molecule has 1 atom stereocenters. The van der Waals surface area contributed by atoms with Gasteiger partial charge in [0.1, 0.15) is 23.9 Å². The molecule has 3 N–H and O–H groups in total. The van der Waals surface area contributed by atoms with E-state index in [9.17, 15) is 0 Å². The van der Waals surface area contributed by atoms with Crippen LogP contribution in [-0.2, 0) is 0 Å². The van der Waals surface area contributed by atoms with E-state index in [-0.39, 0.29) is 6.04 Å². The van der Waals surface area contributed by atoms with Crippen molar-refractivity contribution in [3.8, 4) is 0 Å². The van der Waals surface area contributed by atoms with Crippen LogP contribution >= 0.6 is 0 Å². The summed E-state index contributed by atoms with van der Waals surface area (Å²) >= 11 is 0. The van der Waals surface area contributed by atoms with Crippen molar-refractivity contribution in [2.24, 2.45) is 5.84 Å². The zero-order valence-corrected chi connectivity index (χ0v) is 8.34. The van der Waals surface area contributed by atoms with E-state index in [0.717, 1.165) is 17.1 Å². The maximum Gasteiger partial charge on any atom is 0.127 e. The molecule has 15 heavy (non-hydrogen) atoms. The first kappa shape index (κ1) is 9.82. The van der Waals surface area contributed by atoms with Gasteiger partial charge in [-0.05, 0) is 19.1 Å². The molecule has 0 fully saturated rings. The SMILES string of the molecule is Cc1ccc(C(NN)c2cncnc2)o1. The molecule has 0 saturated carbocycles. The molecule has 0 radical (unpaired) electrons. The minimum atomic E-state index is -0.208. The Bertz CT molecular complexity index is 426. The Morgan fingerprint density at radius 1 is 1.33 bits per heavy atom. The van der Waals surface area contributed by atoms with Crippen LogP contribution in [0.25, 0.3) is 0 Å². The standard InChI is InChI=1S/C10H12N4O/c1-7-2-3-9(15-7)10(14-11)8-4-12-6-13-5-8/h2-6,10,14H,11H2,1H3. The molecular formula is C10H12N4O. The molecule has 1 unspecified atom stereocenters. The highest BCUT2D eigenvalue weighted by Gasteiger charge is 2.15. The van der Waals surface area contributed by atoms with Crippen LogP contribution in [0.4, 0.5) is 0 Å². The predicted molar refractivity (Wildman–Crippen MR) is 54.6 cm³/mol. The summed E-state index contributed by atoms with van der Waals surface area (Å²) < 4.78 is 5.49. The van der Waals surface area contributed by atoms with Gasteiger partial charge >= 0.3 is 0 Å². The summed E-state index contributed by atoms with van der Waals surface area (Å²) in [4.78, 5) is 7.88. The van der Waals surface area contributed by atoms with Crippen molar-refractivity contribution < 1.29 is 4.42 Å². The Balaban J connectivity index is 2.33. The summed E-state index contributed by atoms with van der Waals surface area (Å²) in [5.41, 5.74) is 3.54. The Kier molecular flexibility index (Phi) is 2.75. The van der Waals surface area contributed by atoms with Gasteiger partial charge in [-0.2, -0.15) is 0 Å². The first-order valence-electron chi connectivity index (χ1n) is 4.58. The van der Waals surface area contributed by atoms with E-state index < -0.39 is 0 Å². The molecule has 2 heterocycles. The highest BCUT2D eigenvalue weighted by atomic mass is 16.3. The number of hydrogen-bond acceptors (Lipinski definition) is 5. The number of furan rings is 1. The van der Waals surface area contributed by atoms with Crippen molar-refractivity contribution >= 4 is 0 Å². The summed E-state index contributed by atoms with van der Waals surface area (Å²) in [6, 6.07) is 3.57. The van der Waals surface area contributed by atoms with Crippen LogP contribution in [0, 0.1) is 6.92 Å². The summed E-state index contributed by atoms with van der Waals surface area (Å²) in [6.07, 6.45) is 4.88. The highest BCUT2D eigenvalue weighted by molar-refractivity contribution is 5.22. The zero-order valence-electron chi connectivity index (χ0n) is 8.34. The third-order valence-electron chi connectivity index (χ3n) is 2.13. The van der Waals surface area contributed by atoms with Crippen molar-refractivity contribution in [1.82, 2.24) is 15.4 Å². The summed E-state index contributed by atoms with van der Waals surface area (Å²) in [5, 5.41) is 0. The van der Waals surface area contributed by atoms with Gasteiger partial charge in [0.05, 0.1) is 0 Å². The normalized spacial score (nSPS) is 12.7. The van der Waals surface area contributed by atoms with Crippen LogP contribution in [0.3, 0.4) is 0 Å². The van der Waals surface area contributed by atoms with E-state index in [1.807, 2.05) is 19.1 Å². The van der Waals surface area contributed by atoms with Crippen molar-refractivity contribution in [3.63, 3.8) is 0 Å². The molecule has 0 aliphatic rings. The summed E-state index contributed by atoms with van der Waals surface area (Å²) in [5.74, 6) is 7.08. The maximum atomic E-state index is 5.49. The highest BCUT2D eigenvalue weighted by Crippen LogP contribution is 2.21. The lowest BCUT2D eigenvalue weighted by atomic mass is 10.1. The number of hydrogen-bond donors (Lipinski definition) is 2. The van der Waals surface area contributed by atoms with Gasteiger partial charge in [0, 0.05) is 18.0 Å². The molecule has 0 spiro atoms. The first-order chi connectivity index (χ1) is 7.31. The van der Waals surface area contributed by atoms with Crippen LogP contribution in [0.2, 0.25) is 0 Å². The van der Waals surface area contributed by atoms with Gasteiger partial charge in [-0.1, -0.05) is 0 Å². The molecule has 5 nitrogen and oxygen atoms in total. The van der Waals surface area contributed by atoms with Crippen molar-refractivity contribution in [1.29, 1.82) is 0 Å². The largest absolute Gasteiger partial charge is 0.464 e. The molecule has 0 amide bonds. The second-order valence-electron chi connectivity index (χ2n) is 3.22. The van der Waals surface area contributed by atoms with Crippen molar-refractivity contribution in [2.45, 2.75) is 13.0 Å². The lowest BCUT2D eigenvalue weighted by Gasteiger charge is -2.12. The van der Waals surface area contributed by atoms with E-state index in [0.29, 0.717) is 0 Å². The number of nitrogens with zero attached hydrogens (tertiary/aromatic N) is 2. The predicted octanol–water partition coefficient (Wildman–Crippen LogP) is 0.931. The smallest absolute Gasteiger partial charge is 0.127 e. The number of rotatable bonds is 3. The van der Waals surface area contributed by atoms with Crippen LogP contribution in [0.15, 0.2) is 35.3 Å². The molecule has 78 valence electrons. The number of nitrogens with two attached hydrogens (primary N) is 1. The molecule has 2 rings (SSSR count). The second-order valence-corrected chi connectivity index (χ2v) is 3.22. The monoisotopic (exact) mass is 204 g/mol. The molecule has 0 saturated heterocycles. The number of nitrogens with one attached hydrogen (secondary N) is 1. The summed E-state index contributed by atoms with van der Waals surface area (Å²) in [6.45, 7) is 1.89. The van der Waals surface area contributed by atoms with E-state index >= 15 is 0 Å². The Labute approximate surface area is 87.3 Å². The number of hydrazine groups is 1. The van der Waals surface area contributed by atoms with Gasteiger partial charge in [0.2, 0.25) is 0 Å². The van der Waals surface area contributed by atoms with Crippen molar-refractivity contribution in [3.05, 3.63) is 47.9 Å². The molecule has 0 aliphatic carbocycles. The lowest BCUT2D eigenvalue weighted by molar-refractivity contribution is 0.434. The van der Waals surface area contributed by atoms with Crippen LogP contribution in [0.5, 0.6) is 0 Å². The van der Waals surface area contributed by atoms with Gasteiger partial charge in [-0.25, -0.2) is 15.4 Å². The van der Waals surface area contributed by atoms with Gasteiger partial charge in [-0.15, -0.1) is 0 Å². The van der Waals surface area contributed by atoms with Crippen LogP contribution in [0.1, 0.15) is 23.1 Å². The molecule has 2 aromatic heterocycles. The minimum absolute atomic E-state index is 0.208. The maximum absolute atomic E-state index is 5.49. The third kappa shape index (κ3) is 2.03. The zero-order chi connectivity index (χ0) is 10.7. The van der Waals surface area contributed by atoms with Gasteiger partial charge in [0.15, 0.2) is 0 Å². The van der Waals surface area contributed by atoms with Gasteiger partial charge in [-0.3, -0.25) is 5.84 Å². The quantitative estimate of drug-likeness (QED) is 0.574. The van der Waals surface area contributed by atoms with Crippen LogP contribution in [-0.4, -0.2) is 9.97 Å². The average molecular weight is 204 g/mol. The summed E-state index contributed by atoms with van der Waals surface area (Å²) in [7, 11) is 0. The lowest BCUT2D eigenvalue weighted by Crippen LogP contribution is -2.28. The number of aryl methyl sites for hydroxylation is 1. The average Bonchev–Trinajstić information content (AvgIpc) is 2.68. The fourth-order valence-corrected chi connectivity index (χ4v) is 1.41. The fourth-order valence-electron chi connectivity index (χ4n) is 1.41. The molecular weight excluding hydrogens is 192 g/mol. The first-order valence-corrected chi connectivity index (χ1v) is 4.58. The Hall–Kier alpha value is -1.72. The fraction of sp³-hybridized carbons (Fsp3) is 0.200. The molecule has 5 heteroatoms. The minimum Gasteiger partial charge on any atom is -0.464 e. The third-order valence-corrected chi connectivity index (χ3v) is 2.13. The van der Waals surface area contributed by atoms with E-state index in [2.05, 4.69) is 15.4 Å². The van der Waals surface area contributed by atoms with E-state index in [4.69, 9.17) is 10.3 Å². The topological polar surface area (TPSA) is 77.0 Å². The molecule has 2 aromatic rings. The second kappa shape index (κ2) is 4.20. The van der Waals surface area contributed by atoms with Gasteiger partial charge < -0.3 is 4.42 Å². The van der Waals surface area contributed by atoms with Crippen molar-refractivity contribution in [2.75, 3.05) is 0 Å². The van der Waals surface area contributed by atoms with E-state index in [1.54, 1.807) is 12.4 Å². The van der Waals surface area contributed by atoms with Gasteiger partial charge in [0.25, 0.3) is 0 Å². The molecule has 0 aliphatic heterocycles. The molecule has 0 aromatic carbocycles. The Morgan fingerprint density at radius 2 is 2.07 bits per heavy atom. The van der Waals surface area contributed by atoms with E-state index in [1.165, 1.54) is 6.33 Å². The van der Waals surface area contributed by atoms with Crippen LogP contribution < -0.4 is 11.3 Å². The Morgan fingerprint density at radius 3 is 2.60 bits per heavy atom.